The first-order chi connectivity index (χ1) is 8.99. The van der Waals surface area contributed by atoms with Gasteiger partial charge in [0.1, 0.15) is 12.1 Å². The van der Waals surface area contributed by atoms with Crippen molar-refractivity contribution in [3.05, 3.63) is 0 Å². The molecule has 3 N–H and O–H groups in total. The Bertz CT molecular complexity index is 399. The number of hydrogen-bond donors (Lipinski definition) is 3. The largest absolute Gasteiger partial charge is 0.480 e. The first kappa shape index (κ1) is 14.0. The molecule has 0 spiro atoms. The second-order valence-electron chi connectivity index (χ2n) is 4.78. The van der Waals surface area contributed by atoms with Crippen LogP contribution < -0.4 is 10.6 Å². The summed E-state index contributed by atoms with van der Waals surface area (Å²) in [5, 5.41) is 14.3. The first-order valence-corrected chi connectivity index (χ1v) is 7.32. The van der Waals surface area contributed by atoms with Crippen molar-refractivity contribution in [1.29, 1.82) is 0 Å². The van der Waals surface area contributed by atoms with Crippen molar-refractivity contribution < 1.29 is 19.5 Å². The van der Waals surface area contributed by atoms with Crippen LogP contribution in [0.5, 0.6) is 0 Å². The van der Waals surface area contributed by atoms with Gasteiger partial charge < -0.3 is 20.6 Å². The van der Waals surface area contributed by atoms with Gasteiger partial charge in [0, 0.05) is 11.8 Å². The molecule has 2 atom stereocenters. The molecule has 1 aliphatic heterocycles. The molecule has 0 bridgehead atoms. The Balaban J connectivity index is 1.85. The number of carboxylic acids is 1. The summed E-state index contributed by atoms with van der Waals surface area (Å²) >= 11 is 1.39. The average molecular weight is 287 g/mol. The topological polar surface area (TPSA) is 98.7 Å². The summed E-state index contributed by atoms with van der Waals surface area (Å²) < 4.78 is 0. The van der Waals surface area contributed by atoms with Gasteiger partial charge >= 0.3 is 12.0 Å². The first-order valence-electron chi connectivity index (χ1n) is 6.17. The Morgan fingerprint density at radius 2 is 2.05 bits per heavy atom. The zero-order valence-corrected chi connectivity index (χ0v) is 11.4. The van der Waals surface area contributed by atoms with Gasteiger partial charge in [-0.3, -0.25) is 4.79 Å². The molecule has 1 unspecified atom stereocenters. The summed E-state index contributed by atoms with van der Waals surface area (Å²) in [7, 11) is 0. The molecule has 0 aromatic rings. The highest BCUT2D eigenvalue weighted by molar-refractivity contribution is 7.99. The summed E-state index contributed by atoms with van der Waals surface area (Å²) in [6, 6.07) is -1.74. The standard InChI is InChI=1S/C11H17N3O4S/c1-6(9(15)13-7-2-3-7)12-11(18)14-5-19-4-8(14)10(16)17/h6-8H,2-5H2,1H3,(H,12,18)(H,13,15)(H,16,17)/t6?,8-/m0/s1. The molecule has 2 fully saturated rings. The molecular weight excluding hydrogens is 270 g/mol. The highest BCUT2D eigenvalue weighted by atomic mass is 32.2. The number of nitrogens with zero attached hydrogens (tertiary/aromatic N) is 1. The molecule has 0 aromatic carbocycles. The van der Waals surface area contributed by atoms with E-state index < -0.39 is 24.1 Å². The predicted molar refractivity (Wildman–Crippen MR) is 69.7 cm³/mol. The maximum absolute atomic E-state index is 11.9. The molecule has 8 heteroatoms. The van der Waals surface area contributed by atoms with Crippen LogP contribution in [0.25, 0.3) is 0 Å². The lowest BCUT2D eigenvalue weighted by Gasteiger charge is -2.23. The monoisotopic (exact) mass is 287 g/mol. The van der Waals surface area contributed by atoms with Crippen LogP contribution in [-0.2, 0) is 9.59 Å². The van der Waals surface area contributed by atoms with Crippen LogP contribution in [0.2, 0.25) is 0 Å². The molecule has 2 rings (SSSR count). The third-order valence-corrected chi connectivity index (χ3v) is 4.10. The third-order valence-electron chi connectivity index (χ3n) is 3.09. The van der Waals surface area contributed by atoms with Gasteiger partial charge in [0.05, 0.1) is 5.88 Å². The van der Waals surface area contributed by atoms with Crippen LogP contribution in [-0.4, -0.2) is 57.7 Å². The molecule has 1 aliphatic carbocycles. The van der Waals surface area contributed by atoms with Crippen LogP contribution in [0.15, 0.2) is 0 Å². The van der Waals surface area contributed by atoms with Gasteiger partial charge in [-0.25, -0.2) is 9.59 Å². The van der Waals surface area contributed by atoms with Gasteiger partial charge in [-0.15, -0.1) is 11.8 Å². The Hall–Kier alpha value is -1.44. The number of thioether (sulfide) groups is 1. The molecule has 2 aliphatic rings. The second kappa shape index (κ2) is 5.68. The van der Waals surface area contributed by atoms with E-state index in [1.54, 1.807) is 6.92 Å². The van der Waals surface area contributed by atoms with Crippen molar-refractivity contribution in [3.63, 3.8) is 0 Å². The van der Waals surface area contributed by atoms with Crippen molar-refractivity contribution in [3.8, 4) is 0 Å². The number of rotatable bonds is 4. The summed E-state index contributed by atoms with van der Waals surface area (Å²) in [5.41, 5.74) is 0. The van der Waals surface area contributed by atoms with E-state index in [1.165, 1.54) is 16.7 Å². The zero-order chi connectivity index (χ0) is 14.0. The summed E-state index contributed by atoms with van der Waals surface area (Å²) in [6.45, 7) is 1.59. The zero-order valence-electron chi connectivity index (χ0n) is 10.6. The van der Waals surface area contributed by atoms with Crippen LogP contribution in [0.3, 0.4) is 0 Å². The van der Waals surface area contributed by atoms with Crippen molar-refractivity contribution in [2.75, 3.05) is 11.6 Å². The van der Waals surface area contributed by atoms with Crippen molar-refractivity contribution in [1.82, 2.24) is 15.5 Å². The minimum Gasteiger partial charge on any atom is -0.480 e. The number of carboxylic acid groups (broad SMARTS) is 1. The van der Waals surface area contributed by atoms with Gasteiger partial charge in [-0.05, 0) is 19.8 Å². The Kier molecular flexibility index (Phi) is 4.18. The molecule has 1 saturated carbocycles. The normalized spacial score (nSPS) is 23.8. The predicted octanol–water partition coefficient (Wildman–Crippen LogP) is -0.177. The van der Waals surface area contributed by atoms with Crippen LogP contribution in [0.4, 0.5) is 4.79 Å². The maximum atomic E-state index is 11.9. The van der Waals surface area contributed by atoms with E-state index >= 15 is 0 Å². The maximum Gasteiger partial charge on any atom is 0.327 e. The quantitative estimate of drug-likeness (QED) is 0.666. The highest BCUT2D eigenvalue weighted by Crippen LogP contribution is 2.21. The van der Waals surface area contributed by atoms with Crippen molar-refractivity contribution >= 4 is 29.7 Å². The number of aliphatic carboxylic acids is 1. The molecule has 1 saturated heterocycles. The van der Waals surface area contributed by atoms with E-state index in [0.717, 1.165) is 12.8 Å². The molecule has 106 valence electrons. The van der Waals surface area contributed by atoms with Crippen molar-refractivity contribution in [2.45, 2.75) is 37.9 Å². The SMILES string of the molecule is CC(NC(=O)N1CSC[C@H]1C(=O)O)C(=O)NC1CC1. The lowest BCUT2D eigenvalue weighted by Crippen LogP contribution is -2.53. The highest BCUT2D eigenvalue weighted by Gasteiger charge is 2.35. The fourth-order valence-electron chi connectivity index (χ4n) is 1.73. The minimum atomic E-state index is -1.02. The Morgan fingerprint density at radius 3 is 2.63 bits per heavy atom. The van der Waals surface area contributed by atoms with Crippen LogP contribution >= 0.6 is 11.8 Å². The van der Waals surface area contributed by atoms with E-state index in [4.69, 9.17) is 5.11 Å². The number of hydrogen-bond acceptors (Lipinski definition) is 4. The lowest BCUT2D eigenvalue weighted by atomic mass is 10.3. The molecule has 0 aromatic heterocycles. The van der Waals surface area contributed by atoms with Crippen molar-refractivity contribution in [2.24, 2.45) is 0 Å². The third kappa shape index (κ3) is 3.52. The van der Waals surface area contributed by atoms with Gasteiger partial charge in [0.25, 0.3) is 0 Å². The van der Waals surface area contributed by atoms with E-state index in [1.807, 2.05) is 0 Å². The second-order valence-corrected chi connectivity index (χ2v) is 5.78. The van der Waals surface area contributed by atoms with Gasteiger partial charge in [0.15, 0.2) is 0 Å². The van der Waals surface area contributed by atoms with E-state index in [0.29, 0.717) is 11.6 Å². The summed E-state index contributed by atoms with van der Waals surface area (Å²) in [4.78, 5) is 35.8. The molecule has 0 radical (unpaired) electrons. The number of amides is 3. The van der Waals surface area contributed by atoms with Gasteiger partial charge in [-0.1, -0.05) is 0 Å². The Morgan fingerprint density at radius 1 is 1.37 bits per heavy atom. The Labute approximate surface area is 115 Å². The molecule has 3 amide bonds. The number of carbonyl (C=O) groups is 3. The fourth-order valence-corrected chi connectivity index (χ4v) is 2.88. The molecule has 1 heterocycles. The number of urea groups is 1. The molecule has 19 heavy (non-hydrogen) atoms. The van der Waals surface area contributed by atoms with Crippen LogP contribution in [0.1, 0.15) is 19.8 Å². The molecular formula is C11H17N3O4S. The smallest absolute Gasteiger partial charge is 0.327 e. The molecule has 7 nitrogen and oxygen atoms in total. The van der Waals surface area contributed by atoms with E-state index in [2.05, 4.69) is 10.6 Å². The van der Waals surface area contributed by atoms with E-state index in [-0.39, 0.29) is 11.9 Å². The van der Waals surface area contributed by atoms with Gasteiger partial charge in [-0.2, -0.15) is 0 Å². The average Bonchev–Trinajstić information content (AvgIpc) is 3.01. The lowest BCUT2D eigenvalue weighted by molar-refractivity contribution is -0.140. The number of nitrogens with one attached hydrogen (secondary N) is 2. The fraction of sp³-hybridized carbons (Fsp3) is 0.727. The summed E-state index contributed by atoms with van der Waals surface area (Å²) in [6.07, 6.45) is 1.96. The number of carbonyl (C=O) groups excluding carboxylic acids is 2. The summed E-state index contributed by atoms with van der Waals surface area (Å²) in [5.74, 6) is -0.532. The van der Waals surface area contributed by atoms with E-state index in [9.17, 15) is 14.4 Å². The van der Waals surface area contributed by atoms with Crippen LogP contribution in [0, 0.1) is 0 Å². The minimum absolute atomic E-state index is 0.227. The van der Waals surface area contributed by atoms with Gasteiger partial charge in [0.2, 0.25) is 5.91 Å².